The monoisotopic (exact) mass is 564 g/mol. The number of carbonyl (C=O) groups excluding carboxylic acids is 1. The molecule has 0 spiro atoms. The van der Waals surface area contributed by atoms with Crippen LogP contribution in [0.4, 0.5) is 5.69 Å². The average molecular weight is 565 g/mol. The third-order valence-electron chi connectivity index (χ3n) is 9.43. The van der Waals surface area contributed by atoms with E-state index in [0.717, 1.165) is 27.9 Å². The Hall–Kier alpha value is -2.88. The minimum absolute atomic E-state index is 0.0312. The van der Waals surface area contributed by atoms with E-state index in [0.29, 0.717) is 49.1 Å². The van der Waals surface area contributed by atoms with Crippen molar-refractivity contribution in [2.24, 2.45) is 11.8 Å². The summed E-state index contributed by atoms with van der Waals surface area (Å²) in [6.45, 7) is 3.16. The van der Waals surface area contributed by atoms with Gasteiger partial charge in [0.1, 0.15) is 0 Å². The van der Waals surface area contributed by atoms with Crippen LogP contribution in [0, 0.1) is 11.8 Å². The molecule has 2 saturated carbocycles. The van der Waals surface area contributed by atoms with Crippen LogP contribution in [0.15, 0.2) is 48.7 Å². The molecule has 9 heteroatoms. The number of hydrogen-bond donors (Lipinski definition) is 3. The number of aryl methyl sites for hydroxylation is 2. The molecule has 2 fully saturated rings. The fourth-order valence-corrected chi connectivity index (χ4v) is 8.35. The van der Waals surface area contributed by atoms with Gasteiger partial charge < -0.3 is 20.3 Å². The summed E-state index contributed by atoms with van der Waals surface area (Å²) < 4.78 is 29.2. The molecule has 3 aromatic rings. The maximum Gasteiger partial charge on any atom is 0.251 e. The molecular weight excluding hydrogens is 524 g/mol. The summed E-state index contributed by atoms with van der Waals surface area (Å²) in [5.74, 6) is 1.21. The van der Waals surface area contributed by atoms with E-state index in [-0.39, 0.29) is 11.7 Å². The zero-order valence-corrected chi connectivity index (χ0v) is 24.2. The van der Waals surface area contributed by atoms with Crippen LogP contribution >= 0.6 is 0 Å². The summed E-state index contributed by atoms with van der Waals surface area (Å²) in [4.78, 5) is 13.8. The van der Waals surface area contributed by atoms with Gasteiger partial charge in [0.25, 0.3) is 5.91 Å². The minimum Gasteiger partial charge on any atom is -0.390 e. The van der Waals surface area contributed by atoms with Crippen LogP contribution in [0.1, 0.15) is 54.1 Å². The predicted molar refractivity (Wildman–Crippen MR) is 158 cm³/mol. The number of nitrogens with one attached hydrogen (secondary N) is 2. The quantitative estimate of drug-likeness (QED) is 0.369. The van der Waals surface area contributed by atoms with E-state index in [2.05, 4.69) is 15.2 Å². The van der Waals surface area contributed by atoms with Gasteiger partial charge in [0.15, 0.2) is 0 Å². The number of nitrogens with zero attached hydrogens (tertiary/aromatic N) is 2. The van der Waals surface area contributed by atoms with Gasteiger partial charge in [-0.2, -0.15) is 0 Å². The highest BCUT2D eigenvalue weighted by Gasteiger charge is 2.39. The van der Waals surface area contributed by atoms with Gasteiger partial charge in [-0.15, -0.1) is 0 Å². The molecule has 8 nitrogen and oxygen atoms in total. The summed E-state index contributed by atoms with van der Waals surface area (Å²) in [6.07, 6.45) is 7.21. The van der Waals surface area contributed by atoms with Gasteiger partial charge in [-0.05, 0) is 74.1 Å². The fraction of sp³-hybridized carbons (Fsp3) is 0.516. The Morgan fingerprint density at radius 1 is 1.15 bits per heavy atom. The summed E-state index contributed by atoms with van der Waals surface area (Å²) in [6, 6.07) is 13.4. The molecular formula is C31H40N4O4S. The van der Waals surface area contributed by atoms with Crippen LogP contribution in [0.3, 0.4) is 0 Å². The van der Waals surface area contributed by atoms with Crippen LogP contribution in [0.25, 0.3) is 10.9 Å². The maximum absolute atomic E-state index is 13.8. The summed E-state index contributed by atoms with van der Waals surface area (Å²) in [5.41, 5.74) is 3.78. The molecule has 2 heterocycles. The third-order valence-corrected chi connectivity index (χ3v) is 11.2. The van der Waals surface area contributed by atoms with E-state index in [4.69, 9.17) is 0 Å². The fourth-order valence-electron chi connectivity index (χ4n) is 7.16. The van der Waals surface area contributed by atoms with Crippen molar-refractivity contribution in [1.29, 1.82) is 0 Å². The molecule has 0 saturated heterocycles. The minimum atomic E-state index is -3.50. The first-order valence-electron chi connectivity index (χ1n) is 14.6. The normalized spacial score (nSPS) is 24.7. The van der Waals surface area contributed by atoms with Crippen molar-refractivity contribution in [1.82, 2.24) is 15.2 Å². The number of amides is 1. The first-order valence-corrected chi connectivity index (χ1v) is 16.2. The Labute approximate surface area is 236 Å². The highest BCUT2D eigenvalue weighted by atomic mass is 32.2. The standard InChI is InChI=1S/C31H40N4O4S/c1-3-35-19-23-11-12-40(38,39)34(2)27-16-24(17-28(35)30(23)27)31(37)33-26(14-20-7-5-4-6-8-20)29(36)18-32-25-15-21-9-10-22(25)13-21/h4-8,16-17,19,21-22,25-26,29,32,36H,3,9-15,18H2,1-2H3,(H,33,37)/t21-,22+,25?,26+,29-/m1/s1. The number of rotatable bonds is 9. The van der Waals surface area contributed by atoms with Crippen LogP contribution in [0.5, 0.6) is 0 Å². The van der Waals surface area contributed by atoms with Crippen molar-refractivity contribution >= 4 is 32.5 Å². The van der Waals surface area contributed by atoms with E-state index in [1.54, 1.807) is 13.1 Å². The molecule has 5 atom stereocenters. The molecule has 3 N–H and O–H groups in total. The highest BCUT2D eigenvalue weighted by molar-refractivity contribution is 7.92. The second kappa shape index (κ2) is 10.8. The number of anilines is 1. The molecule has 0 radical (unpaired) electrons. The lowest BCUT2D eigenvalue weighted by atomic mass is 9.94. The number of sulfonamides is 1. The van der Waals surface area contributed by atoms with Gasteiger partial charge in [-0.25, -0.2) is 8.42 Å². The molecule has 3 aliphatic rings. The van der Waals surface area contributed by atoms with E-state index < -0.39 is 22.2 Å². The van der Waals surface area contributed by atoms with Gasteiger partial charge in [0.05, 0.1) is 29.1 Å². The summed E-state index contributed by atoms with van der Waals surface area (Å²) >= 11 is 0. The Kier molecular flexibility index (Phi) is 7.39. The molecule has 40 heavy (non-hydrogen) atoms. The number of fused-ring (bicyclic) bond motifs is 2. The number of benzene rings is 2. The van der Waals surface area contributed by atoms with Crippen molar-refractivity contribution in [2.45, 2.75) is 70.2 Å². The Bertz CT molecular complexity index is 1500. The van der Waals surface area contributed by atoms with E-state index in [1.165, 1.54) is 30.0 Å². The molecule has 2 aromatic carbocycles. The Morgan fingerprint density at radius 3 is 2.65 bits per heavy atom. The van der Waals surface area contributed by atoms with Gasteiger partial charge in [0, 0.05) is 43.3 Å². The van der Waals surface area contributed by atoms with Gasteiger partial charge in [-0.1, -0.05) is 36.8 Å². The number of hydrogen-bond acceptors (Lipinski definition) is 5. The molecule has 1 aliphatic heterocycles. The summed E-state index contributed by atoms with van der Waals surface area (Å²) in [7, 11) is -1.93. The number of aromatic nitrogens is 1. The molecule has 2 bridgehead atoms. The zero-order chi connectivity index (χ0) is 28.0. The molecule has 1 unspecified atom stereocenters. The number of aliphatic hydroxyl groups is 1. The topological polar surface area (TPSA) is 104 Å². The van der Waals surface area contributed by atoms with Crippen molar-refractivity contribution in [3.05, 3.63) is 65.4 Å². The summed E-state index contributed by atoms with van der Waals surface area (Å²) in [5, 5.41) is 18.9. The lowest BCUT2D eigenvalue weighted by molar-refractivity contribution is 0.0819. The van der Waals surface area contributed by atoms with Crippen LogP contribution in [0.2, 0.25) is 0 Å². The van der Waals surface area contributed by atoms with E-state index in [9.17, 15) is 18.3 Å². The van der Waals surface area contributed by atoms with Crippen LogP contribution in [-0.4, -0.2) is 61.5 Å². The van der Waals surface area contributed by atoms with Crippen molar-refractivity contribution in [2.75, 3.05) is 23.7 Å². The molecule has 1 amide bonds. The predicted octanol–water partition coefficient (Wildman–Crippen LogP) is 3.46. The SMILES string of the molecule is CCn1cc2c3c(cc(C(=O)N[C@@H](Cc4ccccc4)[C@H](O)CNC4C[C@@H]5CC[C@H]4C5)cc31)N(C)S(=O)(=O)CC2. The van der Waals surface area contributed by atoms with Crippen LogP contribution in [-0.2, 0) is 29.4 Å². The van der Waals surface area contributed by atoms with Crippen molar-refractivity contribution < 1.29 is 18.3 Å². The third kappa shape index (κ3) is 5.15. The second-order valence-corrected chi connectivity index (χ2v) is 14.0. The second-order valence-electron chi connectivity index (χ2n) is 11.9. The van der Waals surface area contributed by atoms with Gasteiger partial charge in [-0.3, -0.25) is 9.10 Å². The maximum atomic E-state index is 13.8. The smallest absolute Gasteiger partial charge is 0.251 e. The van der Waals surface area contributed by atoms with E-state index >= 15 is 0 Å². The molecule has 6 rings (SSSR count). The van der Waals surface area contributed by atoms with E-state index in [1.807, 2.05) is 49.5 Å². The Morgan fingerprint density at radius 2 is 1.95 bits per heavy atom. The van der Waals surface area contributed by atoms with Crippen molar-refractivity contribution in [3.8, 4) is 0 Å². The number of carbonyl (C=O) groups is 1. The largest absolute Gasteiger partial charge is 0.390 e. The number of aliphatic hydroxyl groups excluding tert-OH is 1. The first-order chi connectivity index (χ1) is 19.2. The van der Waals surface area contributed by atoms with Gasteiger partial charge in [0.2, 0.25) is 10.0 Å². The molecule has 214 valence electrons. The highest BCUT2D eigenvalue weighted by Crippen LogP contribution is 2.44. The van der Waals surface area contributed by atoms with Gasteiger partial charge >= 0.3 is 0 Å². The average Bonchev–Trinajstić information content (AvgIpc) is 3.67. The van der Waals surface area contributed by atoms with Crippen molar-refractivity contribution in [3.63, 3.8) is 0 Å². The Balaban J connectivity index is 1.28. The first kappa shape index (κ1) is 27.3. The molecule has 1 aromatic heterocycles. The zero-order valence-electron chi connectivity index (χ0n) is 23.3. The lowest BCUT2D eigenvalue weighted by Crippen LogP contribution is -2.50. The van der Waals surface area contributed by atoms with Crippen LogP contribution < -0.4 is 14.9 Å². The lowest BCUT2D eigenvalue weighted by Gasteiger charge is -2.29. The molecule has 2 aliphatic carbocycles.